The molecular formula is C50H98NO7+. The number of aliphatic carboxylic acids is 1. The highest BCUT2D eigenvalue weighted by Gasteiger charge is 2.31. The molecule has 0 bridgehead atoms. The van der Waals surface area contributed by atoms with Gasteiger partial charge in [-0.05, 0) is 12.8 Å². The Hall–Kier alpha value is -1.67. The predicted octanol–water partition coefficient (Wildman–Crippen LogP) is 14.1. The van der Waals surface area contributed by atoms with Crippen molar-refractivity contribution in [2.75, 3.05) is 41.0 Å². The molecule has 0 aromatic carbocycles. The van der Waals surface area contributed by atoms with Crippen LogP contribution in [0, 0.1) is 0 Å². The number of hydrogen-bond acceptors (Lipinski definition) is 6. The highest BCUT2D eigenvalue weighted by atomic mass is 16.6. The highest BCUT2D eigenvalue weighted by Crippen LogP contribution is 2.17. The van der Waals surface area contributed by atoms with Crippen molar-refractivity contribution < 1.29 is 38.2 Å². The third-order valence-corrected chi connectivity index (χ3v) is 11.8. The Morgan fingerprint density at radius 3 is 1.07 bits per heavy atom. The summed E-state index contributed by atoms with van der Waals surface area (Å²) in [7, 11) is 5.55. The molecule has 0 aliphatic carbocycles. The van der Waals surface area contributed by atoms with Gasteiger partial charge in [0.2, 0.25) is 0 Å². The van der Waals surface area contributed by atoms with E-state index in [-0.39, 0.29) is 36.2 Å². The number of carboxylic acids is 1. The van der Waals surface area contributed by atoms with Gasteiger partial charge in [-0.1, -0.05) is 219 Å². The first-order valence-corrected chi connectivity index (χ1v) is 25.1. The highest BCUT2D eigenvalue weighted by molar-refractivity contribution is 5.72. The molecule has 0 radical (unpaired) electrons. The van der Waals surface area contributed by atoms with Crippen molar-refractivity contribution in [3.63, 3.8) is 0 Å². The summed E-state index contributed by atoms with van der Waals surface area (Å²) in [6.07, 6.45) is 44.3. The van der Waals surface area contributed by atoms with E-state index in [4.69, 9.17) is 14.2 Å². The maximum absolute atomic E-state index is 12.8. The van der Waals surface area contributed by atoms with Gasteiger partial charge < -0.3 is 23.8 Å². The summed E-state index contributed by atoms with van der Waals surface area (Å²) in [5.41, 5.74) is 0. The standard InChI is InChI=1S/C50H97NO7/c1-6-8-10-12-14-16-18-20-22-23-24-25-26-27-29-31-33-35-37-39-41-49(53)58-46(44-56-43-42-47(50(54)55)51(3,4)5)45-57-48(52)40-38-36-34-32-30-28-21-19-17-15-13-11-9-7-2/h46-47H,6-45H2,1-5H3/p+1. The number of carboxylic acid groups (broad SMARTS) is 1. The maximum atomic E-state index is 12.8. The van der Waals surface area contributed by atoms with E-state index in [2.05, 4.69) is 13.8 Å². The van der Waals surface area contributed by atoms with E-state index in [0.29, 0.717) is 19.3 Å². The number of likely N-dealkylation sites (N-methyl/N-ethyl adjacent to an activating group) is 1. The van der Waals surface area contributed by atoms with Gasteiger partial charge in [0.25, 0.3) is 0 Å². The van der Waals surface area contributed by atoms with E-state index in [9.17, 15) is 19.5 Å². The Balaban J connectivity index is 4.19. The SMILES string of the molecule is CCCCCCCCCCCCCCCCCCCCCCC(=O)OC(COCCC(C(=O)O)[N+](C)(C)C)COC(=O)CCCCCCCCCCCCCCCC. The Labute approximate surface area is 359 Å². The van der Waals surface area contributed by atoms with Gasteiger partial charge in [-0.25, -0.2) is 4.79 Å². The fraction of sp³-hybridized carbons (Fsp3) is 0.940. The summed E-state index contributed by atoms with van der Waals surface area (Å²) >= 11 is 0. The van der Waals surface area contributed by atoms with Gasteiger partial charge in [0.1, 0.15) is 6.61 Å². The Kier molecular flexibility index (Phi) is 40.8. The van der Waals surface area contributed by atoms with Gasteiger partial charge in [-0.15, -0.1) is 0 Å². The van der Waals surface area contributed by atoms with E-state index in [1.807, 2.05) is 21.1 Å². The molecule has 0 saturated carbocycles. The van der Waals surface area contributed by atoms with Crippen molar-refractivity contribution in [1.82, 2.24) is 0 Å². The fourth-order valence-corrected chi connectivity index (χ4v) is 7.86. The van der Waals surface area contributed by atoms with Crippen LogP contribution in [0.15, 0.2) is 0 Å². The zero-order valence-electron chi connectivity index (χ0n) is 39.3. The molecule has 0 aliphatic rings. The fourth-order valence-electron chi connectivity index (χ4n) is 7.86. The molecule has 58 heavy (non-hydrogen) atoms. The quantitative estimate of drug-likeness (QED) is 0.0371. The van der Waals surface area contributed by atoms with Crippen LogP contribution in [-0.2, 0) is 28.6 Å². The average molecular weight is 825 g/mol. The van der Waals surface area contributed by atoms with Gasteiger partial charge in [0.15, 0.2) is 12.1 Å². The molecule has 2 atom stereocenters. The first-order chi connectivity index (χ1) is 28.1. The van der Waals surface area contributed by atoms with Crippen LogP contribution in [0.4, 0.5) is 0 Å². The van der Waals surface area contributed by atoms with E-state index < -0.39 is 18.1 Å². The lowest BCUT2D eigenvalue weighted by atomic mass is 10.0. The lowest BCUT2D eigenvalue weighted by Gasteiger charge is -2.31. The van der Waals surface area contributed by atoms with Crippen molar-refractivity contribution >= 4 is 17.9 Å². The topological polar surface area (TPSA) is 99.1 Å². The molecule has 0 amide bonds. The molecule has 0 saturated heterocycles. The monoisotopic (exact) mass is 825 g/mol. The molecule has 8 nitrogen and oxygen atoms in total. The van der Waals surface area contributed by atoms with Gasteiger partial charge in [-0.2, -0.15) is 0 Å². The molecule has 0 heterocycles. The minimum absolute atomic E-state index is 0.0415. The van der Waals surface area contributed by atoms with Crippen molar-refractivity contribution in [2.24, 2.45) is 0 Å². The zero-order valence-corrected chi connectivity index (χ0v) is 39.3. The van der Waals surface area contributed by atoms with Gasteiger partial charge in [0.05, 0.1) is 34.4 Å². The minimum Gasteiger partial charge on any atom is -0.477 e. The molecule has 0 aliphatic heterocycles. The van der Waals surface area contributed by atoms with Crippen LogP contribution >= 0.6 is 0 Å². The summed E-state index contributed by atoms with van der Waals surface area (Å²) in [5, 5.41) is 9.64. The second-order valence-electron chi connectivity index (χ2n) is 18.4. The number of quaternary nitrogens is 1. The Morgan fingerprint density at radius 2 is 0.759 bits per heavy atom. The Bertz CT molecular complexity index is 920. The molecular weight excluding hydrogens is 727 g/mol. The van der Waals surface area contributed by atoms with Crippen LogP contribution in [0.5, 0.6) is 0 Å². The van der Waals surface area contributed by atoms with Crippen LogP contribution in [-0.4, -0.2) is 80.6 Å². The molecule has 344 valence electrons. The number of esters is 2. The summed E-state index contributed by atoms with van der Waals surface area (Å²) in [4.78, 5) is 37.1. The predicted molar refractivity (Wildman–Crippen MR) is 243 cm³/mol. The molecule has 1 N–H and O–H groups in total. The number of hydrogen-bond donors (Lipinski definition) is 1. The lowest BCUT2D eigenvalue weighted by molar-refractivity contribution is -0.887. The van der Waals surface area contributed by atoms with Crippen LogP contribution in [0.2, 0.25) is 0 Å². The van der Waals surface area contributed by atoms with Crippen molar-refractivity contribution in [1.29, 1.82) is 0 Å². The molecule has 0 aromatic heterocycles. The van der Waals surface area contributed by atoms with Gasteiger partial charge in [-0.3, -0.25) is 9.59 Å². The third-order valence-electron chi connectivity index (χ3n) is 11.8. The molecule has 0 fully saturated rings. The second-order valence-corrected chi connectivity index (χ2v) is 18.4. The van der Waals surface area contributed by atoms with Crippen molar-refractivity contribution in [3.05, 3.63) is 0 Å². The summed E-state index contributed by atoms with van der Waals surface area (Å²) in [6.45, 7) is 4.79. The van der Waals surface area contributed by atoms with Crippen LogP contribution in [0.3, 0.4) is 0 Å². The first kappa shape index (κ1) is 56.3. The van der Waals surface area contributed by atoms with Crippen LogP contribution in [0.1, 0.15) is 251 Å². The molecule has 0 aromatic rings. The number of carbonyl (C=O) groups excluding carboxylic acids is 2. The molecule has 0 spiro atoms. The van der Waals surface area contributed by atoms with E-state index in [1.165, 1.54) is 180 Å². The first-order valence-electron chi connectivity index (χ1n) is 25.1. The molecule has 8 heteroatoms. The minimum atomic E-state index is -0.869. The summed E-state index contributed by atoms with van der Waals surface area (Å²) in [5.74, 6) is -1.44. The van der Waals surface area contributed by atoms with Crippen LogP contribution in [0.25, 0.3) is 0 Å². The number of carbonyl (C=O) groups is 3. The van der Waals surface area contributed by atoms with Gasteiger partial charge >= 0.3 is 17.9 Å². The van der Waals surface area contributed by atoms with Crippen molar-refractivity contribution in [2.45, 2.75) is 264 Å². The zero-order chi connectivity index (χ0) is 42.8. The van der Waals surface area contributed by atoms with E-state index >= 15 is 0 Å². The van der Waals surface area contributed by atoms with Crippen molar-refractivity contribution in [3.8, 4) is 0 Å². The number of ether oxygens (including phenoxy) is 3. The van der Waals surface area contributed by atoms with Crippen LogP contribution < -0.4 is 0 Å². The molecule has 2 unspecified atom stereocenters. The lowest BCUT2D eigenvalue weighted by Crippen LogP contribution is -2.50. The Morgan fingerprint density at radius 1 is 0.448 bits per heavy atom. The van der Waals surface area contributed by atoms with Gasteiger partial charge in [0, 0.05) is 19.3 Å². The number of nitrogens with zero attached hydrogens (tertiary/aromatic N) is 1. The maximum Gasteiger partial charge on any atom is 0.362 e. The normalized spacial score (nSPS) is 12.8. The van der Waals surface area contributed by atoms with E-state index in [1.54, 1.807) is 0 Å². The number of unbranched alkanes of at least 4 members (excludes halogenated alkanes) is 32. The smallest absolute Gasteiger partial charge is 0.362 e. The summed E-state index contributed by atoms with van der Waals surface area (Å²) in [6, 6.07) is -0.608. The summed E-state index contributed by atoms with van der Waals surface area (Å²) < 4.78 is 17.4. The second kappa shape index (κ2) is 42.0. The van der Waals surface area contributed by atoms with E-state index in [0.717, 1.165) is 38.5 Å². The largest absolute Gasteiger partial charge is 0.477 e. The average Bonchev–Trinajstić information content (AvgIpc) is 3.18. The number of rotatable bonds is 46. The molecule has 0 rings (SSSR count). The third kappa shape index (κ3) is 39.8.